The van der Waals surface area contributed by atoms with E-state index in [-0.39, 0.29) is 0 Å². The van der Waals surface area contributed by atoms with Crippen LogP contribution in [0.15, 0.2) is 24.3 Å². The van der Waals surface area contributed by atoms with Gasteiger partial charge >= 0.3 is 0 Å². The highest BCUT2D eigenvalue weighted by Crippen LogP contribution is 2.40. The standard InChI is InChI=1S/C14H21NO/c1-16-14-6-2-11(3-7-14)10-13(8-9-15)12-4-5-12/h2-3,6-7,12-13H,4-5,8-10,15H2,1H3. The maximum atomic E-state index is 5.67. The molecule has 1 fully saturated rings. The molecule has 0 aromatic heterocycles. The van der Waals surface area contributed by atoms with Gasteiger partial charge in [0, 0.05) is 0 Å². The molecule has 0 spiro atoms. The third-order valence-electron chi connectivity index (χ3n) is 3.48. The molecule has 1 aliphatic rings. The van der Waals surface area contributed by atoms with Crippen molar-refractivity contribution in [3.63, 3.8) is 0 Å². The zero-order chi connectivity index (χ0) is 11.4. The molecule has 1 atom stereocenters. The molecule has 0 bridgehead atoms. The SMILES string of the molecule is COc1ccc(CC(CCN)C2CC2)cc1. The molecule has 1 aromatic carbocycles. The molecule has 1 aliphatic carbocycles. The molecule has 2 rings (SSSR count). The number of rotatable bonds is 6. The Hall–Kier alpha value is -1.02. The number of methoxy groups -OCH3 is 1. The number of benzene rings is 1. The van der Waals surface area contributed by atoms with Crippen molar-refractivity contribution in [2.45, 2.75) is 25.7 Å². The summed E-state index contributed by atoms with van der Waals surface area (Å²) in [7, 11) is 1.70. The minimum absolute atomic E-state index is 0.790. The van der Waals surface area contributed by atoms with Crippen LogP contribution in [0.5, 0.6) is 5.75 Å². The average molecular weight is 219 g/mol. The van der Waals surface area contributed by atoms with E-state index >= 15 is 0 Å². The topological polar surface area (TPSA) is 35.2 Å². The van der Waals surface area contributed by atoms with Gasteiger partial charge in [0.25, 0.3) is 0 Å². The van der Waals surface area contributed by atoms with E-state index in [0.29, 0.717) is 0 Å². The first-order valence-electron chi connectivity index (χ1n) is 6.16. The fourth-order valence-electron chi connectivity index (χ4n) is 2.35. The largest absolute Gasteiger partial charge is 0.497 e. The van der Waals surface area contributed by atoms with E-state index in [1.165, 1.54) is 24.8 Å². The number of hydrogen-bond acceptors (Lipinski definition) is 2. The molecule has 88 valence electrons. The van der Waals surface area contributed by atoms with Crippen LogP contribution < -0.4 is 10.5 Å². The summed E-state index contributed by atoms with van der Waals surface area (Å²) in [6.07, 6.45) is 5.14. The predicted molar refractivity (Wildman–Crippen MR) is 66.6 cm³/mol. The Bertz CT molecular complexity index is 316. The second-order valence-electron chi connectivity index (χ2n) is 4.73. The van der Waals surface area contributed by atoms with Crippen molar-refractivity contribution in [1.29, 1.82) is 0 Å². The second-order valence-corrected chi connectivity index (χ2v) is 4.73. The van der Waals surface area contributed by atoms with E-state index in [0.717, 1.165) is 30.6 Å². The molecule has 0 amide bonds. The zero-order valence-corrected chi connectivity index (χ0v) is 9.99. The highest BCUT2D eigenvalue weighted by molar-refractivity contribution is 5.27. The van der Waals surface area contributed by atoms with Crippen molar-refractivity contribution in [1.82, 2.24) is 0 Å². The van der Waals surface area contributed by atoms with Gasteiger partial charge in [0.05, 0.1) is 7.11 Å². The van der Waals surface area contributed by atoms with Crippen molar-refractivity contribution in [2.75, 3.05) is 13.7 Å². The highest BCUT2D eigenvalue weighted by Gasteiger charge is 2.30. The molecule has 0 aliphatic heterocycles. The summed E-state index contributed by atoms with van der Waals surface area (Å²) in [5.74, 6) is 2.66. The molecular formula is C14H21NO. The lowest BCUT2D eigenvalue weighted by molar-refractivity contribution is 0.413. The van der Waals surface area contributed by atoms with Gasteiger partial charge in [-0.25, -0.2) is 0 Å². The first-order chi connectivity index (χ1) is 7.83. The van der Waals surface area contributed by atoms with E-state index in [1.807, 2.05) is 12.1 Å². The van der Waals surface area contributed by atoms with Crippen molar-refractivity contribution < 1.29 is 4.74 Å². The van der Waals surface area contributed by atoms with Gasteiger partial charge in [0.15, 0.2) is 0 Å². The van der Waals surface area contributed by atoms with Crippen molar-refractivity contribution >= 4 is 0 Å². The van der Waals surface area contributed by atoms with Gasteiger partial charge in [-0.3, -0.25) is 0 Å². The van der Waals surface area contributed by atoms with Crippen LogP contribution in [0.3, 0.4) is 0 Å². The summed E-state index contributed by atoms with van der Waals surface area (Å²) in [6, 6.07) is 8.43. The van der Waals surface area contributed by atoms with Crippen LogP contribution in [-0.4, -0.2) is 13.7 Å². The van der Waals surface area contributed by atoms with Gasteiger partial charge < -0.3 is 10.5 Å². The minimum atomic E-state index is 0.790. The molecule has 1 saturated carbocycles. The van der Waals surface area contributed by atoms with Crippen LogP contribution in [0, 0.1) is 11.8 Å². The zero-order valence-electron chi connectivity index (χ0n) is 9.99. The van der Waals surface area contributed by atoms with Crippen LogP contribution in [0.2, 0.25) is 0 Å². The summed E-state index contributed by atoms with van der Waals surface area (Å²) >= 11 is 0. The Morgan fingerprint density at radius 3 is 2.50 bits per heavy atom. The molecule has 2 N–H and O–H groups in total. The van der Waals surface area contributed by atoms with E-state index < -0.39 is 0 Å². The van der Waals surface area contributed by atoms with Gasteiger partial charge in [-0.15, -0.1) is 0 Å². The molecule has 16 heavy (non-hydrogen) atoms. The minimum Gasteiger partial charge on any atom is -0.497 e. The predicted octanol–water partition coefficient (Wildman–Crippen LogP) is 2.61. The molecule has 2 heteroatoms. The van der Waals surface area contributed by atoms with Gasteiger partial charge in [-0.05, 0) is 61.8 Å². The van der Waals surface area contributed by atoms with Crippen LogP contribution in [-0.2, 0) is 6.42 Å². The normalized spacial score (nSPS) is 17.1. The lowest BCUT2D eigenvalue weighted by Crippen LogP contribution is -2.13. The first-order valence-corrected chi connectivity index (χ1v) is 6.16. The average Bonchev–Trinajstić information content (AvgIpc) is 3.13. The monoisotopic (exact) mass is 219 g/mol. The summed E-state index contributed by atoms with van der Waals surface area (Å²) in [6.45, 7) is 0.817. The Kier molecular flexibility index (Phi) is 3.83. The summed E-state index contributed by atoms with van der Waals surface area (Å²) in [5.41, 5.74) is 7.08. The van der Waals surface area contributed by atoms with E-state index in [2.05, 4.69) is 12.1 Å². The fourth-order valence-corrected chi connectivity index (χ4v) is 2.35. The van der Waals surface area contributed by atoms with Crippen molar-refractivity contribution in [3.8, 4) is 5.75 Å². The number of nitrogens with two attached hydrogens (primary N) is 1. The molecule has 1 unspecified atom stereocenters. The molecule has 0 heterocycles. The fraction of sp³-hybridized carbons (Fsp3) is 0.571. The van der Waals surface area contributed by atoms with Gasteiger partial charge in [-0.1, -0.05) is 12.1 Å². The molecule has 0 radical (unpaired) electrons. The van der Waals surface area contributed by atoms with E-state index in [1.54, 1.807) is 7.11 Å². The molecule has 2 nitrogen and oxygen atoms in total. The second kappa shape index (κ2) is 5.35. The van der Waals surface area contributed by atoms with Crippen LogP contribution >= 0.6 is 0 Å². The van der Waals surface area contributed by atoms with E-state index in [9.17, 15) is 0 Å². The van der Waals surface area contributed by atoms with Gasteiger partial charge in [0.2, 0.25) is 0 Å². The maximum absolute atomic E-state index is 5.67. The molecule has 1 aromatic rings. The van der Waals surface area contributed by atoms with Crippen LogP contribution in [0.25, 0.3) is 0 Å². The Labute approximate surface area is 97.8 Å². The Morgan fingerprint density at radius 1 is 1.31 bits per heavy atom. The third-order valence-corrected chi connectivity index (χ3v) is 3.48. The van der Waals surface area contributed by atoms with Gasteiger partial charge in [0.1, 0.15) is 5.75 Å². The van der Waals surface area contributed by atoms with E-state index in [4.69, 9.17) is 10.5 Å². The number of hydrogen-bond donors (Lipinski definition) is 1. The smallest absolute Gasteiger partial charge is 0.118 e. The first kappa shape index (κ1) is 11.5. The lowest BCUT2D eigenvalue weighted by atomic mass is 9.92. The molecular weight excluding hydrogens is 198 g/mol. The van der Waals surface area contributed by atoms with Crippen molar-refractivity contribution in [3.05, 3.63) is 29.8 Å². The maximum Gasteiger partial charge on any atom is 0.118 e. The summed E-state index contributed by atoms with van der Waals surface area (Å²) in [5, 5.41) is 0. The highest BCUT2D eigenvalue weighted by atomic mass is 16.5. The lowest BCUT2D eigenvalue weighted by Gasteiger charge is -2.15. The quantitative estimate of drug-likeness (QED) is 0.798. The Balaban J connectivity index is 1.94. The molecule has 0 saturated heterocycles. The van der Waals surface area contributed by atoms with Crippen molar-refractivity contribution in [2.24, 2.45) is 17.6 Å². The third kappa shape index (κ3) is 2.99. The van der Waals surface area contributed by atoms with Crippen LogP contribution in [0.4, 0.5) is 0 Å². The summed E-state index contributed by atoms with van der Waals surface area (Å²) < 4.78 is 5.16. The Morgan fingerprint density at radius 2 is 2.00 bits per heavy atom. The van der Waals surface area contributed by atoms with Crippen LogP contribution in [0.1, 0.15) is 24.8 Å². The van der Waals surface area contributed by atoms with Gasteiger partial charge in [-0.2, -0.15) is 0 Å². The number of ether oxygens (including phenoxy) is 1. The summed E-state index contributed by atoms with van der Waals surface area (Å²) in [4.78, 5) is 0.